The molecule has 0 heterocycles. The summed E-state index contributed by atoms with van der Waals surface area (Å²) in [6.45, 7) is 4.45. The average Bonchev–Trinajstić information content (AvgIpc) is 1.91. The quantitative estimate of drug-likeness (QED) is 0.398. The van der Waals surface area contributed by atoms with Gasteiger partial charge in [-0.15, -0.1) is 0 Å². The number of hydrogen-bond donors (Lipinski definition) is 0. The predicted octanol–water partition coefficient (Wildman–Crippen LogP) is 2.17. The van der Waals surface area contributed by atoms with Crippen LogP contribution in [0.5, 0.6) is 0 Å². The van der Waals surface area contributed by atoms with E-state index in [1.165, 1.54) is 25.6 Å². The molecule has 0 bridgehead atoms. The molecular formula is C8H17B. The number of unbranched alkanes of at least 4 members (excludes halogenated alkanes) is 1. The average molecular weight is 124 g/mol. The molecule has 0 saturated heterocycles. The van der Waals surface area contributed by atoms with Gasteiger partial charge in [-0.25, -0.2) is 0 Å². The van der Waals surface area contributed by atoms with E-state index in [0.717, 1.165) is 0 Å². The summed E-state index contributed by atoms with van der Waals surface area (Å²) in [5.74, 6) is 0. The lowest BCUT2D eigenvalue weighted by Gasteiger charge is -1.97. The minimum Gasteiger partial charge on any atom is -0.0861 e. The highest BCUT2D eigenvalue weighted by atomic mass is 13.9. The Kier molecular flexibility index (Phi) is 5.80. The third-order valence-electron chi connectivity index (χ3n) is 1.63. The molecule has 0 atom stereocenters. The van der Waals surface area contributed by atoms with E-state index in [0.29, 0.717) is 0 Å². The van der Waals surface area contributed by atoms with Gasteiger partial charge < -0.3 is 0 Å². The van der Waals surface area contributed by atoms with E-state index in [1.54, 1.807) is 5.57 Å². The zero-order chi connectivity index (χ0) is 7.11. The van der Waals surface area contributed by atoms with Crippen LogP contribution in [0.2, 0.25) is 6.32 Å². The topological polar surface area (TPSA) is 0 Å². The Labute approximate surface area is 59.8 Å². The highest BCUT2D eigenvalue weighted by Gasteiger charge is 1.86. The zero-order valence-corrected chi connectivity index (χ0v) is 6.91. The molecule has 0 aromatic heterocycles. The molecule has 0 fully saturated rings. The molecule has 0 nitrogen and oxygen atoms in total. The van der Waals surface area contributed by atoms with E-state index in [2.05, 4.69) is 27.8 Å². The normalized spacial score (nSPS) is 12.0. The van der Waals surface area contributed by atoms with Gasteiger partial charge in [0.25, 0.3) is 0 Å². The van der Waals surface area contributed by atoms with Gasteiger partial charge in [-0.3, -0.25) is 0 Å². The SMILES string of the molecule is BC/C(=C/CCC)CC. The van der Waals surface area contributed by atoms with Crippen LogP contribution in [-0.4, -0.2) is 7.85 Å². The Morgan fingerprint density at radius 3 is 2.44 bits per heavy atom. The van der Waals surface area contributed by atoms with E-state index in [4.69, 9.17) is 0 Å². The molecular weight excluding hydrogens is 107 g/mol. The Bertz CT molecular complexity index is 78.6. The van der Waals surface area contributed by atoms with E-state index >= 15 is 0 Å². The molecule has 0 aromatic rings. The van der Waals surface area contributed by atoms with Gasteiger partial charge in [-0.05, 0) is 12.8 Å². The van der Waals surface area contributed by atoms with Gasteiger partial charge in [0.2, 0.25) is 0 Å². The molecule has 0 amide bonds. The van der Waals surface area contributed by atoms with Crippen LogP contribution in [0, 0.1) is 0 Å². The highest BCUT2D eigenvalue weighted by Crippen LogP contribution is 2.06. The summed E-state index contributed by atoms with van der Waals surface area (Å²) in [5.41, 5.74) is 1.61. The lowest BCUT2D eigenvalue weighted by atomic mass is 9.94. The molecule has 0 radical (unpaired) electrons. The largest absolute Gasteiger partial charge is 0.106 e. The molecule has 0 aliphatic rings. The predicted molar refractivity (Wildman–Crippen MR) is 46.6 cm³/mol. The maximum absolute atomic E-state index is 2.38. The minimum atomic E-state index is 1.23. The van der Waals surface area contributed by atoms with Crippen molar-refractivity contribution in [2.24, 2.45) is 0 Å². The third-order valence-corrected chi connectivity index (χ3v) is 1.63. The Balaban J connectivity index is 3.48. The molecule has 1 heteroatoms. The van der Waals surface area contributed by atoms with Gasteiger partial charge in [0.15, 0.2) is 0 Å². The van der Waals surface area contributed by atoms with Crippen LogP contribution < -0.4 is 0 Å². The summed E-state index contributed by atoms with van der Waals surface area (Å²) in [4.78, 5) is 0. The summed E-state index contributed by atoms with van der Waals surface area (Å²) in [5, 5.41) is 0. The first kappa shape index (κ1) is 8.80. The lowest BCUT2D eigenvalue weighted by Crippen LogP contribution is -1.78. The molecule has 52 valence electrons. The van der Waals surface area contributed by atoms with E-state index < -0.39 is 0 Å². The maximum Gasteiger partial charge on any atom is 0.106 e. The van der Waals surface area contributed by atoms with Gasteiger partial charge in [0, 0.05) is 0 Å². The van der Waals surface area contributed by atoms with Crippen molar-refractivity contribution in [3.05, 3.63) is 11.6 Å². The van der Waals surface area contributed by atoms with E-state index in [-0.39, 0.29) is 0 Å². The second kappa shape index (κ2) is 5.93. The Morgan fingerprint density at radius 1 is 1.44 bits per heavy atom. The second-order valence-electron chi connectivity index (χ2n) is 2.36. The summed E-state index contributed by atoms with van der Waals surface area (Å²) >= 11 is 0. The van der Waals surface area contributed by atoms with Gasteiger partial charge >= 0.3 is 0 Å². The number of hydrogen-bond acceptors (Lipinski definition) is 0. The molecule has 0 aromatic carbocycles. The zero-order valence-electron chi connectivity index (χ0n) is 6.91. The first-order valence-corrected chi connectivity index (χ1v) is 4.03. The van der Waals surface area contributed by atoms with Crippen molar-refractivity contribution in [3.8, 4) is 0 Å². The van der Waals surface area contributed by atoms with Crippen LogP contribution in [0.4, 0.5) is 0 Å². The van der Waals surface area contributed by atoms with Crippen molar-refractivity contribution in [1.29, 1.82) is 0 Å². The summed E-state index contributed by atoms with van der Waals surface area (Å²) in [6.07, 6.45) is 7.38. The third kappa shape index (κ3) is 4.32. The standard InChI is InChI=1S/C8H17B/c1-3-5-6-8(4-2)7-9/h6H,3-5,7,9H2,1-2H3/b8-6+. The fourth-order valence-corrected chi connectivity index (χ4v) is 0.887. The molecule has 0 aliphatic carbocycles. The molecule has 0 aliphatic heterocycles. The summed E-state index contributed by atoms with van der Waals surface area (Å²) in [6, 6.07) is 0. The second-order valence-corrected chi connectivity index (χ2v) is 2.36. The Hall–Kier alpha value is -0.195. The van der Waals surface area contributed by atoms with Gasteiger partial charge in [0.05, 0.1) is 0 Å². The van der Waals surface area contributed by atoms with Crippen LogP contribution >= 0.6 is 0 Å². The van der Waals surface area contributed by atoms with E-state index in [1.807, 2.05) is 0 Å². The highest BCUT2D eigenvalue weighted by molar-refractivity contribution is 6.10. The van der Waals surface area contributed by atoms with Crippen LogP contribution in [0.25, 0.3) is 0 Å². The van der Waals surface area contributed by atoms with Crippen molar-refractivity contribution in [2.45, 2.75) is 39.4 Å². The fraction of sp³-hybridized carbons (Fsp3) is 0.750. The molecule has 0 saturated carbocycles. The maximum atomic E-state index is 2.38. The first-order valence-electron chi connectivity index (χ1n) is 4.03. The minimum absolute atomic E-state index is 1.23. The van der Waals surface area contributed by atoms with Crippen LogP contribution in [-0.2, 0) is 0 Å². The summed E-state index contributed by atoms with van der Waals surface area (Å²) in [7, 11) is 2.23. The monoisotopic (exact) mass is 124 g/mol. The van der Waals surface area contributed by atoms with Crippen molar-refractivity contribution >= 4 is 7.85 Å². The summed E-state index contributed by atoms with van der Waals surface area (Å²) < 4.78 is 0. The molecule has 0 unspecified atom stereocenters. The lowest BCUT2D eigenvalue weighted by molar-refractivity contribution is 0.933. The van der Waals surface area contributed by atoms with Crippen molar-refractivity contribution in [2.75, 3.05) is 0 Å². The van der Waals surface area contributed by atoms with Crippen molar-refractivity contribution in [1.82, 2.24) is 0 Å². The number of allylic oxidation sites excluding steroid dienone is 2. The molecule has 0 rings (SSSR count). The van der Waals surface area contributed by atoms with Crippen LogP contribution in [0.15, 0.2) is 11.6 Å². The fourth-order valence-electron chi connectivity index (χ4n) is 0.887. The van der Waals surface area contributed by atoms with Crippen molar-refractivity contribution in [3.63, 3.8) is 0 Å². The number of rotatable bonds is 4. The Morgan fingerprint density at radius 2 is 2.11 bits per heavy atom. The van der Waals surface area contributed by atoms with Crippen molar-refractivity contribution < 1.29 is 0 Å². The van der Waals surface area contributed by atoms with Gasteiger partial charge in [0.1, 0.15) is 7.85 Å². The van der Waals surface area contributed by atoms with Crippen LogP contribution in [0.3, 0.4) is 0 Å². The molecule has 0 N–H and O–H groups in total. The first-order chi connectivity index (χ1) is 4.35. The van der Waals surface area contributed by atoms with Crippen LogP contribution in [0.1, 0.15) is 33.1 Å². The van der Waals surface area contributed by atoms with Gasteiger partial charge in [-0.2, -0.15) is 0 Å². The smallest absolute Gasteiger partial charge is 0.0861 e. The molecule has 0 spiro atoms. The van der Waals surface area contributed by atoms with E-state index in [9.17, 15) is 0 Å². The van der Waals surface area contributed by atoms with Gasteiger partial charge in [-0.1, -0.05) is 38.2 Å². The molecule has 9 heavy (non-hydrogen) atoms.